The molecule has 5 nitrogen and oxygen atoms in total. The standard InChI is InChI=1S/C14H28N4O/c1-16-13(14(15)19)11-18-8-4-12(5-9-18)10-17-6-2-3-7-17/h12-13,16H,2-11H2,1H3,(H2,15,19). The van der Waals surface area contributed by atoms with Crippen molar-refractivity contribution in [1.29, 1.82) is 0 Å². The van der Waals surface area contributed by atoms with E-state index in [1.54, 1.807) is 7.05 Å². The molecule has 5 heteroatoms. The molecule has 2 aliphatic rings. The number of likely N-dealkylation sites (tertiary alicyclic amines) is 2. The number of nitrogens with zero attached hydrogens (tertiary/aromatic N) is 2. The van der Waals surface area contributed by atoms with E-state index in [2.05, 4.69) is 15.1 Å². The molecule has 1 unspecified atom stereocenters. The Morgan fingerprint density at radius 3 is 2.37 bits per heavy atom. The normalized spacial score (nSPS) is 24.7. The molecular formula is C14H28N4O. The van der Waals surface area contributed by atoms with Crippen LogP contribution in [0, 0.1) is 5.92 Å². The van der Waals surface area contributed by atoms with Crippen molar-refractivity contribution < 1.29 is 4.79 Å². The Labute approximate surface area is 116 Å². The van der Waals surface area contributed by atoms with Crippen molar-refractivity contribution in [1.82, 2.24) is 15.1 Å². The van der Waals surface area contributed by atoms with Gasteiger partial charge in [0, 0.05) is 13.1 Å². The zero-order chi connectivity index (χ0) is 13.7. The number of hydrogen-bond donors (Lipinski definition) is 2. The lowest BCUT2D eigenvalue weighted by Crippen LogP contribution is -2.50. The summed E-state index contributed by atoms with van der Waals surface area (Å²) in [5.74, 6) is 0.595. The van der Waals surface area contributed by atoms with Gasteiger partial charge < -0.3 is 20.9 Å². The fourth-order valence-corrected chi connectivity index (χ4v) is 3.26. The van der Waals surface area contributed by atoms with E-state index in [1.807, 2.05) is 0 Å². The minimum atomic E-state index is -0.248. The van der Waals surface area contributed by atoms with Gasteiger partial charge >= 0.3 is 0 Å². The number of amides is 1. The summed E-state index contributed by atoms with van der Waals surface area (Å²) >= 11 is 0. The van der Waals surface area contributed by atoms with Crippen molar-refractivity contribution in [2.24, 2.45) is 11.7 Å². The lowest BCUT2D eigenvalue weighted by molar-refractivity contribution is -0.120. The van der Waals surface area contributed by atoms with Crippen LogP contribution in [0.1, 0.15) is 25.7 Å². The van der Waals surface area contributed by atoms with Crippen LogP contribution in [0.3, 0.4) is 0 Å². The third-order valence-electron chi connectivity index (χ3n) is 4.55. The number of nitrogens with one attached hydrogen (secondary N) is 1. The van der Waals surface area contributed by atoms with Gasteiger partial charge in [-0.15, -0.1) is 0 Å². The molecule has 1 atom stereocenters. The monoisotopic (exact) mass is 268 g/mol. The summed E-state index contributed by atoms with van der Waals surface area (Å²) in [6.07, 6.45) is 5.26. The second-order valence-corrected chi connectivity index (χ2v) is 6.00. The first-order chi connectivity index (χ1) is 9.19. The molecule has 1 amide bonds. The van der Waals surface area contributed by atoms with Crippen LogP contribution in [0.15, 0.2) is 0 Å². The van der Waals surface area contributed by atoms with Gasteiger partial charge in [-0.2, -0.15) is 0 Å². The maximum atomic E-state index is 11.2. The van der Waals surface area contributed by atoms with Crippen LogP contribution in [-0.4, -0.2) is 68.1 Å². The van der Waals surface area contributed by atoms with Gasteiger partial charge in [-0.1, -0.05) is 0 Å². The number of likely N-dealkylation sites (N-methyl/N-ethyl adjacent to an activating group) is 1. The predicted octanol–water partition coefficient (Wildman–Crippen LogP) is -0.132. The van der Waals surface area contributed by atoms with E-state index in [0.29, 0.717) is 0 Å². The maximum Gasteiger partial charge on any atom is 0.235 e. The van der Waals surface area contributed by atoms with Crippen molar-refractivity contribution in [2.75, 3.05) is 46.3 Å². The van der Waals surface area contributed by atoms with Gasteiger partial charge in [0.05, 0.1) is 6.04 Å². The fourth-order valence-electron chi connectivity index (χ4n) is 3.26. The van der Waals surface area contributed by atoms with Crippen molar-refractivity contribution >= 4 is 5.91 Å². The van der Waals surface area contributed by atoms with E-state index in [0.717, 1.165) is 25.6 Å². The molecule has 2 heterocycles. The largest absolute Gasteiger partial charge is 0.368 e. The second-order valence-electron chi connectivity index (χ2n) is 6.00. The molecule has 2 aliphatic heterocycles. The number of rotatable bonds is 6. The number of carbonyl (C=O) groups is 1. The van der Waals surface area contributed by atoms with Crippen LogP contribution in [0.25, 0.3) is 0 Å². The predicted molar refractivity (Wildman–Crippen MR) is 76.9 cm³/mol. The van der Waals surface area contributed by atoms with Gasteiger partial charge in [0.1, 0.15) is 0 Å². The molecule has 0 aromatic carbocycles. The molecule has 19 heavy (non-hydrogen) atoms. The first-order valence-corrected chi connectivity index (χ1v) is 7.60. The zero-order valence-electron chi connectivity index (χ0n) is 12.1. The molecule has 2 saturated heterocycles. The topological polar surface area (TPSA) is 61.6 Å². The zero-order valence-corrected chi connectivity index (χ0v) is 12.1. The Kier molecular flexibility index (Phi) is 5.60. The molecule has 0 bridgehead atoms. The summed E-state index contributed by atoms with van der Waals surface area (Å²) in [6, 6.07) is -0.213. The number of nitrogens with two attached hydrogens (primary N) is 1. The molecule has 3 N–H and O–H groups in total. The van der Waals surface area contributed by atoms with E-state index >= 15 is 0 Å². The lowest BCUT2D eigenvalue weighted by atomic mass is 9.96. The van der Waals surface area contributed by atoms with Crippen LogP contribution >= 0.6 is 0 Å². The highest BCUT2D eigenvalue weighted by Crippen LogP contribution is 2.20. The van der Waals surface area contributed by atoms with E-state index in [-0.39, 0.29) is 11.9 Å². The molecule has 0 aromatic heterocycles. The van der Waals surface area contributed by atoms with Crippen molar-refractivity contribution in [3.05, 3.63) is 0 Å². The summed E-state index contributed by atoms with van der Waals surface area (Å²) in [5.41, 5.74) is 5.37. The van der Waals surface area contributed by atoms with E-state index in [4.69, 9.17) is 5.73 Å². The quantitative estimate of drug-likeness (QED) is 0.704. The van der Waals surface area contributed by atoms with Crippen LogP contribution in [0.4, 0.5) is 0 Å². The Balaban J connectivity index is 1.68. The minimum Gasteiger partial charge on any atom is -0.368 e. The van der Waals surface area contributed by atoms with Gasteiger partial charge in [-0.05, 0) is 64.8 Å². The molecule has 0 saturated carbocycles. The van der Waals surface area contributed by atoms with Crippen LogP contribution in [0.2, 0.25) is 0 Å². The highest BCUT2D eigenvalue weighted by Gasteiger charge is 2.25. The molecular weight excluding hydrogens is 240 g/mol. The third-order valence-corrected chi connectivity index (χ3v) is 4.55. The summed E-state index contributed by atoms with van der Waals surface area (Å²) in [4.78, 5) is 16.2. The van der Waals surface area contributed by atoms with Gasteiger partial charge in [-0.3, -0.25) is 4.79 Å². The first-order valence-electron chi connectivity index (χ1n) is 7.60. The van der Waals surface area contributed by atoms with E-state index in [9.17, 15) is 4.79 Å². The average molecular weight is 268 g/mol. The van der Waals surface area contributed by atoms with E-state index < -0.39 is 0 Å². The molecule has 2 rings (SSSR count). The Bertz CT molecular complexity index is 283. The van der Waals surface area contributed by atoms with E-state index in [1.165, 1.54) is 45.3 Å². The van der Waals surface area contributed by atoms with Gasteiger partial charge in [0.25, 0.3) is 0 Å². The molecule has 2 fully saturated rings. The van der Waals surface area contributed by atoms with Crippen molar-refractivity contribution in [3.8, 4) is 0 Å². The Morgan fingerprint density at radius 2 is 1.84 bits per heavy atom. The highest BCUT2D eigenvalue weighted by atomic mass is 16.1. The molecule has 0 radical (unpaired) electrons. The van der Waals surface area contributed by atoms with Crippen LogP contribution < -0.4 is 11.1 Å². The summed E-state index contributed by atoms with van der Waals surface area (Å²) in [5, 5.41) is 2.99. The second kappa shape index (κ2) is 7.22. The summed E-state index contributed by atoms with van der Waals surface area (Å²) < 4.78 is 0. The Hall–Kier alpha value is -0.650. The summed E-state index contributed by atoms with van der Waals surface area (Å²) in [6.45, 7) is 6.82. The van der Waals surface area contributed by atoms with Gasteiger partial charge in [0.2, 0.25) is 5.91 Å². The van der Waals surface area contributed by atoms with Gasteiger partial charge in [-0.25, -0.2) is 0 Å². The Morgan fingerprint density at radius 1 is 1.21 bits per heavy atom. The van der Waals surface area contributed by atoms with Gasteiger partial charge in [0.15, 0.2) is 0 Å². The average Bonchev–Trinajstić information content (AvgIpc) is 2.90. The first kappa shape index (κ1) is 14.8. The number of hydrogen-bond acceptors (Lipinski definition) is 4. The summed E-state index contributed by atoms with van der Waals surface area (Å²) in [7, 11) is 1.80. The molecule has 0 aliphatic carbocycles. The van der Waals surface area contributed by atoms with Crippen molar-refractivity contribution in [2.45, 2.75) is 31.7 Å². The SMILES string of the molecule is CNC(CN1CCC(CN2CCCC2)CC1)C(N)=O. The number of piperidine rings is 1. The van der Waals surface area contributed by atoms with Crippen molar-refractivity contribution in [3.63, 3.8) is 0 Å². The highest BCUT2D eigenvalue weighted by molar-refractivity contribution is 5.80. The molecule has 110 valence electrons. The third kappa shape index (κ3) is 4.44. The molecule has 0 aromatic rings. The number of primary amides is 1. The number of carbonyl (C=O) groups excluding carboxylic acids is 1. The fraction of sp³-hybridized carbons (Fsp3) is 0.929. The smallest absolute Gasteiger partial charge is 0.235 e. The van der Waals surface area contributed by atoms with Crippen LogP contribution in [0.5, 0.6) is 0 Å². The molecule has 0 spiro atoms. The van der Waals surface area contributed by atoms with Crippen LogP contribution in [-0.2, 0) is 4.79 Å². The minimum absolute atomic E-state index is 0.213. The maximum absolute atomic E-state index is 11.2. The lowest BCUT2D eigenvalue weighted by Gasteiger charge is -2.35.